The molecule has 8 nitrogen and oxygen atoms in total. The van der Waals surface area contributed by atoms with Crippen molar-refractivity contribution in [3.8, 4) is 40.6 Å². The van der Waals surface area contributed by atoms with Crippen molar-refractivity contribution in [2.24, 2.45) is 5.92 Å². The summed E-state index contributed by atoms with van der Waals surface area (Å²) in [5, 5.41) is 11.6. The van der Waals surface area contributed by atoms with Crippen LogP contribution in [0.25, 0.3) is 11.1 Å². The highest BCUT2D eigenvalue weighted by Crippen LogP contribution is 2.35. The van der Waals surface area contributed by atoms with Crippen LogP contribution in [0.5, 0.6) is 5.75 Å². The van der Waals surface area contributed by atoms with Crippen LogP contribution in [0.3, 0.4) is 0 Å². The van der Waals surface area contributed by atoms with Gasteiger partial charge in [0.2, 0.25) is 5.13 Å². The Kier molecular flexibility index (Phi) is 8.42. The summed E-state index contributed by atoms with van der Waals surface area (Å²) in [5.74, 6) is 12.6. The number of carbonyl (C=O) groups excluding carboxylic acids is 1. The fourth-order valence-corrected chi connectivity index (χ4v) is 4.49. The molecule has 1 saturated heterocycles. The van der Waals surface area contributed by atoms with Crippen molar-refractivity contribution in [1.29, 1.82) is 0 Å². The van der Waals surface area contributed by atoms with E-state index in [2.05, 4.69) is 49.1 Å². The normalized spacial score (nSPS) is 15.2. The molecule has 1 aromatic carbocycles. The van der Waals surface area contributed by atoms with Crippen LogP contribution < -0.4 is 10.1 Å². The number of amides is 1. The number of aromatic nitrogens is 3. The largest absolute Gasteiger partial charge is 0.494 e. The van der Waals surface area contributed by atoms with Gasteiger partial charge in [-0.05, 0) is 48.6 Å². The third kappa shape index (κ3) is 6.95. The molecule has 0 bridgehead atoms. The number of nitrogens with one attached hydrogen (secondary N) is 1. The molecule has 2 fully saturated rings. The van der Waals surface area contributed by atoms with Crippen LogP contribution in [0.4, 0.5) is 13.9 Å². The van der Waals surface area contributed by atoms with Gasteiger partial charge in [-0.25, -0.2) is 8.78 Å². The first-order valence-corrected chi connectivity index (χ1v) is 13.2. The number of hydrogen-bond acceptors (Lipinski definition) is 8. The number of methoxy groups -OCH3 is 1. The fourth-order valence-electron chi connectivity index (χ4n) is 3.89. The molecule has 5 rings (SSSR count). The lowest BCUT2D eigenvalue weighted by molar-refractivity contribution is 0.0443. The van der Waals surface area contributed by atoms with Gasteiger partial charge in [0.05, 0.1) is 33.1 Å². The second kappa shape index (κ2) is 12.3. The monoisotopic (exact) mass is 549 g/mol. The molecule has 1 amide bonds. The minimum Gasteiger partial charge on any atom is -0.494 e. The maximum absolute atomic E-state index is 13.5. The predicted molar refractivity (Wildman–Crippen MR) is 143 cm³/mol. The highest BCUT2D eigenvalue weighted by Gasteiger charge is 2.21. The van der Waals surface area contributed by atoms with E-state index in [1.54, 1.807) is 18.2 Å². The smallest absolute Gasteiger partial charge is 0.280 e. The maximum Gasteiger partial charge on any atom is 0.280 e. The van der Waals surface area contributed by atoms with Gasteiger partial charge in [0, 0.05) is 35.7 Å². The van der Waals surface area contributed by atoms with E-state index in [4.69, 9.17) is 9.47 Å². The molecule has 1 aliphatic carbocycles. The van der Waals surface area contributed by atoms with Crippen LogP contribution in [-0.2, 0) is 4.74 Å². The zero-order valence-corrected chi connectivity index (χ0v) is 22.0. The van der Waals surface area contributed by atoms with Gasteiger partial charge in [-0.1, -0.05) is 29.1 Å². The second-order valence-electron chi connectivity index (χ2n) is 8.97. The Hall–Kier alpha value is -3.90. The predicted octanol–water partition coefficient (Wildman–Crippen LogP) is 4.24. The van der Waals surface area contributed by atoms with Crippen LogP contribution in [0, 0.1) is 29.6 Å². The summed E-state index contributed by atoms with van der Waals surface area (Å²) < 4.78 is 37.9. The molecular weight excluding hydrogens is 524 g/mol. The molecule has 0 spiro atoms. The molecule has 0 radical (unpaired) electrons. The number of anilines is 1. The minimum absolute atomic E-state index is 0.235. The van der Waals surface area contributed by atoms with Gasteiger partial charge in [-0.15, -0.1) is 10.2 Å². The molecule has 200 valence electrons. The average molecular weight is 550 g/mol. The highest BCUT2D eigenvalue weighted by molar-refractivity contribution is 7.15. The van der Waals surface area contributed by atoms with Gasteiger partial charge in [0.1, 0.15) is 11.4 Å². The SMILES string of the molecule is COc1cnc(C(F)F)cc1-c1cc(C#CCN2CCOCC2)ccc1C(=O)Nc1nnc(C#CC2CC2)s1. The van der Waals surface area contributed by atoms with Gasteiger partial charge in [-0.3, -0.25) is 20.0 Å². The van der Waals surface area contributed by atoms with E-state index in [1.165, 1.54) is 30.7 Å². The average Bonchev–Trinajstić information content (AvgIpc) is 3.69. The van der Waals surface area contributed by atoms with E-state index in [9.17, 15) is 13.6 Å². The van der Waals surface area contributed by atoms with E-state index < -0.39 is 18.0 Å². The number of morpholine rings is 1. The molecule has 3 heterocycles. The highest BCUT2D eigenvalue weighted by atomic mass is 32.1. The number of carbonyl (C=O) groups is 1. The molecule has 0 unspecified atom stereocenters. The molecule has 0 atom stereocenters. The summed E-state index contributed by atoms with van der Waals surface area (Å²) in [5.41, 5.74) is 1.12. The van der Waals surface area contributed by atoms with E-state index >= 15 is 0 Å². The molecule has 2 aromatic heterocycles. The first-order valence-electron chi connectivity index (χ1n) is 12.4. The Morgan fingerprint density at radius 1 is 1.21 bits per heavy atom. The summed E-state index contributed by atoms with van der Waals surface area (Å²) in [6.45, 7) is 3.53. The summed E-state index contributed by atoms with van der Waals surface area (Å²) in [6, 6.07) is 6.26. The van der Waals surface area contributed by atoms with Gasteiger partial charge in [0.15, 0.2) is 5.01 Å². The molecule has 1 saturated carbocycles. The Labute approximate surface area is 228 Å². The van der Waals surface area contributed by atoms with Gasteiger partial charge < -0.3 is 9.47 Å². The molecule has 11 heteroatoms. The zero-order chi connectivity index (χ0) is 27.2. The van der Waals surface area contributed by atoms with Crippen LogP contribution in [0.1, 0.15) is 45.9 Å². The second-order valence-corrected chi connectivity index (χ2v) is 9.95. The fraction of sp³-hybridized carbons (Fsp3) is 0.357. The quantitative estimate of drug-likeness (QED) is 0.460. The third-order valence-corrected chi connectivity index (χ3v) is 6.89. The van der Waals surface area contributed by atoms with E-state index in [-0.39, 0.29) is 16.4 Å². The zero-order valence-electron chi connectivity index (χ0n) is 21.2. The molecule has 3 aromatic rings. The van der Waals surface area contributed by atoms with Crippen molar-refractivity contribution in [3.63, 3.8) is 0 Å². The van der Waals surface area contributed by atoms with Crippen molar-refractivity contribution < 1.29 is 23.0 Å². The number of benzene rings is 1. The Morgan fingerprint density at radius 3 is 2.77 bits per heavy atom. The lowest BCUT2D eigenvalue weighted by atomic mass is 9.96. The van der Waals surface area contributed by atoms with Crippen molar-refractivity contribution in [3.05, 3.63) is 52.3 Å². The van der Waals surface area contributed by atoms with Crippen LogP contribution in [-0.4, -0.2) is 65.9 Å². The lowest BCUT2D eigenvalue weighted by Crippen LogP contribution is -2.36. The van der Waals surface area contributed by atoms with Gasteiger partial charge in [0.25, 0.3) is 12.3 Å². The number of ether oxygens (including phenoxy) is 2. The topological polar surface area (TPSA) is 89.5 Å². The Bertz CT molecular complexity index is 1480. The molecule has 1 aliphatic heterocycles. The van der Waals surface area contributed by atoms with Crippen LogP contribution in [0.15, 0.2) is 30.5 Å². The van der Waals surface area contributed by atoms with Crippen molar-refractivity contribution in [2.75, 3.05) is 45.3 Å². The minimum atomic E-state index is -2.79. The number of hydrogen-bond donors (Lipinski definition) is 1. The summed E-state index contributed by atoms with van der Waals surface area (Å²) in [7, 11) is 1.42. The van der Waals surface area contributed by atoms with Gasteiger partial charge >= 0.3 is 0 Å². The number of halogens is 2. The summed E-state index contributed by atoms with van der Waals surface area (Å²) >= 11 is 1.17. The first-order chi connectivity index (χ1) is 19.0. The molecule has 1 N–H and O–H groups in total. The lowest BCUT2D eigenvalue weighted by Gasteiger charge is -2.24. The Morgan fingerprint density at radius 2 is 2.03 bits per heavy atom. The van der Waals surface area contributed by atoms with Crippen LogP contribution >= 0.6 is 11.3 Å². The van der Waals surface area contributed by atoms with E-state index in [1.807, 2.05) is 0 Å². The van der Waals surface area contributed by atoms with Crippen molar-refractivity contribution in [1.82, 2.24) is 20.1 Å². The standard InChI is InChI=1S/C28H25F2N5O3S/c1-37-24-17-31-23(26(29)30)16-22(24)21-15-19(3-2-10-35-11-13-38-14-12-35)6-8-20(21)27(36)32-28-34-33-25(39-28)9-7-18-4-5-18/h6,8,15-18,26H,4-5,10-14H2,1H3,(H,32,34,36). The number of rotatable bonds is 6. The molecule has 2 aliphatic rings. The maximum atomic E-state index is 13.5. The van der Waals surface area contributed by atoms with Crippen LogP contribution in [0.2, 0.25) is 0 Å². The number of pyridine rings is 1. The molecular formula is C28H25F2N5O3S. The van der Waals surface area contributed by atoms with Gasteiger partial charge in [-0.2, -0.15) is 0 Å². The third-order valence-electron chi connectivity index (χ3n) is 6.13. The van der Waals surface area contributed by atoms with E-state index in [0.717, 1.165) is 25.9 Å². The summed E-state index contributed by atoms with van der Waals surface area (Å²) in [4.78, 5) is 19.4. The molecule has 39 heavy (non-hydrogen) atoms. The van der Waals surface area contributed by atoms with Crippen molar-refractivity contribution >= 4 is 22.4 Å². The Balaban J connectivity index is 1.46. The number of nitrogens with zero attached hydrogens (tertiary/aromatic N) is 4. The summed E-state index contributed by atoms with van der Waals surface area (Å²) in [6.07, 6.45) is 0.625. The van der Waals surface area contributed by atoms with Crippen molar-refractivity contribution in [2.45, 2.75) is 19.3 Å². The number of alkyl halides is 2. The first kappa shape index (κ1) is 26.7. The van der Waals surface area contributed by atoms with E-state index in [0.29, 0.717) is 47.4 Å².